The molecule has 0 spiro atoms. The van der Waals surface area contributed by atoms with Gasteiger partial charge in [-0.05, 0) is 68.1 Å². The Kier molecular flexibility index (Phi) is 6.21. The quantitative estimate of drug-likeness (QED) is 0.385. The Bertz CT molecular complexity index is 415. The predicted molar refractivity (Wildman–Crippen MR) is 100 cm³/mol. The molecule has 26 heavy (non-hydrogen) atoms. The lowest BCUT2D eigenvalue weighted by Crippen LogP contribution is -3.28. The lowest BCUT2D eigenvalue weighted by atomic mass is 9.49. The van der Waals surface area contributed by atoms with E-state index in [2.05, 4.69) is 0 Å². The molecule has 5 nitrogen and oxygen atoms in total. The maximum atomic E-state index is 10.3. The molecule has 150 valence electrons. The molecule has 5 rings (SSSR count). The molecule has 5 heteroatoms. The van der Waals surface area contributed by atoms with Crippen molar-refractivity contribution in [2.75, 3.05) is 59.1 Å². The Balaban J connectivity index is 1.11. The van der Waals surface area contributed by atoms with E-state index in [1.165, 1.54) is 54.7 Å². The fourth-order valence-electron chi connectivity index (χ4n) is 7.07. The van der Waals surface area contributed by atoms with Crippen LogP contribution in [0.5, 0.6) is 0 Å². The van der Waals surface area contributed by atoms with Gasteiger partial charge >= 0.3 is 0 Å². The van der Waals surface area contributed by atoms with Crippen LogP contribution in [-0.4, -0.2) is 75.4 Å². The van der Waals surface area contributed by atoms with E-state index in [4.69, 9.17) is 9.84 Å². The second-order valence-electron chi connectivity index (χ2n) is 10.1. The van der Waals surface area contributed by atoms with Gasteiger partial charge in [0.25, 0.3) is 0 Å². The summed E-state index contributed by atoms with van der Waals surface area (Å²) in [7, 11) is 0. The van der Waals surface area contributed by atoms with Crippen molar-refractivity contribution in [3.8, 4) is 0 Å². The number of aliphatic hydroxyl groups excluding tert-OH is 2. The number of aliphatic hydroxyl groups is 2. The zero-order valence-corrected chi connectivity index (χ0v) is 16.4. The van der Waals surface area contributed by atoms with Gasteiger partial charge in [0.05, 0.1) is 13.2 Å². The second-order valence-corrected chi connectivity index (χ2v) is 10.1. The van der Waals surface area contributed by atoms with E-state index in [-0.39, 0.29) is 12.7 Å². The summed E-state index contributed by atoms with van der Waals surface area (Å²) in [5, 5.41) is 19.4. The Morgan fingerprint density at radius 3 is 2.08 bits per heavy atom. The predicted octanol–water partition coefficient (Wildman–Crippen LogP) is -1.25. The van der Waals surface area contributed by atoms with Crippen LogP contribution in [0.3, 0.4) is 0 Å². The molecule has 1 atom stereocenters. The second kappa shape index (κ2) is 8.44. The van der Waals surface area contributed by atoms with Crippen molar-refractivity contribution in [1.82, 2.24) is 0 Å². The number of nitrogens with one attached hydrogen (secondary N) is 2. The van der Waals surface area contributed by atoms with E-state index in [0.29, 0.717) is 12.0 Å². The molecule has 1 aliphatic heterocycles. The molecule has 0 amide bonds. The van der Waals surface area contributed by atoms with Gasteiger partial charge in [0.15, 0.2) is 0 Å². The molecule has 4 bridgehead atoms. The van der Waals surface area contributed by atoms with E-state index in [1.807, 2.05) is 0 Å². The van der Waals surface area contributed by atoms with Crippen LogP contribution in [-0.2, 0) is 4.74 Å². The number of quaternary nitrogens is 2. The van der Waals surface area contributed by atoms with Crippen molar-refractivity contribution in [2.45, 2.75) is 51.0 Å². The van der Waals surface area contributed by atoms with Gasteiger partial charge in [-0.15, -0.1) is 0 Å². The maximum Gasteiger partial charge on any atom is 0.127 e. The maximum absolute atomic E-state index is 10.3. The van der Waals surface area contributed by atoms with Crippen molar-refractivity contribution < 1.29 is 24.7 Å². The highest BCUT2D eigenvalue weighted by Crippen LogP contribution is 2.61. The molecule has 5 fully saturated rings. The molecule has 4 N–H and O–H groups in total. The van der Waals surface area contributed by atoms with Crippen LogP contribution in [0.1, 0.15) is 44.9 Å². The monoisotopic (exact) mass is 368 g/mol. The first-order chi connectivity index (χ1) is 12.6. The third kappa shape index (κ3) is 4.61. The number of hydrogen-bond donors (Lipinski definition) is 4. The Morgan fingerprint density at radius 1 is 0.923 bits per heavy atom. The van der Waals surface area contributed by atoms with Crippen LogP contribution in [0, 0.1) is 23.2 Å². The van der Waals surface area contributed by atoms with Crippen LogP contribution < -0.4 is 9.80 Å². The van der Waals surface area contributed by atoms with Gasteiger partial charge in [-0.1, -0.05) is 0 Å². The van der Waals surface area contributed by atoms with Crippen LogP contribution >= 0.6 is 0 Å². The zero-order chi connectivity index (χ0) is 18.0. The summed E-state index contributed by atoms with van der Waals surface area (Å²) < 4.78 is 5.93. The molecule has 4 saturated carbocycles. The number of ether oxygens (including phenoxy) is 1. The van der Waals surface area contributed by atoms with Gasteiger partial charge in [-0.25, -0.2) is 0 Å². The minimum atomic E-state index is -0.333. The molecule has 0 radical (unpaired) electrons. The Morgan fingerprint density at radius 2 is 1.50 bits per heavy atom. The van der Waals surface area contributed by atoms with Gasteiger partial charge in [-0.2, -0.15) is 0 Å². The summed E-state index contributed by atoms with van der Waals surface area (Å²) in [5.41, 5.74) is 0.594. The standard InChI is InChI=1S/C21H38N2O3/c24-7-6-22-2-4-23(5-3-22)15-20(25)16-26-8-1-21-12-17-9-18(13-21)11-19(10-17)14-21/h17-20,24-25H,1-16H2/p+2/t17?,18?,19?,20-,21?/m1/s1. The highest BCUT2D eigenvalue weighted by Gasteiger charge is 2.50. The Hall–Kier alpha value is -0.200. The van der Waals surface area contributed by atoms with E-state index >= 15 is 0 Å². The molecule has 0 aromatic carbocycles. The summed E-state index contributed by atoms with van der Waals surface area (Å²) in [5.74, 6) is 3.05. The summed E-state index contributed by atoms with van der Waals surface area (Å²) in [6, 6.07) is 0. The topological polar surface area (TPSA) is 58.6 Å². The molecular formula is C21H40N2O3+2. The molecule has 0 aromatic heterocycles. The summed E-state index contributed by atoms with van der Waals surface area (Å²) in [4.78, 5) is 2.99. The van der Waals surface area contributed by atoms with Gasteiger partial charge in [0.2, 0.25) is 0 Å². The molecular weight excluding hydrogens is 328 g/mol. The largest absolute Gasteiger partial charge is 0.391 e. The van der Waals surface area contributed by atoms with Crippen molar-refractivity contribution in [1.29, 1.82) is 0 Å². The van der Waals surface area contributed by atoms with Crippen LogP contribution in [0.4, 0.5) is 0 Å². The fourth-order valence-corrected chi connectivity index (χ4v) is 7.07. The number of piperazine rings is 1. The number of hydrogen-bond acceptors (Lipinski definition) is 3. The summed E-state index contributed by atoms with van der Waals surface area (Å²) >= 11 is 0. The van der Waals surface area contributed by atoms with Crippen LogP contribution in [0.15, 0.2) is 0 Å². The minimum Gasteiger partial charge on any atom is -0.391 e. The highest BCUT2D eigenvalue weighted by atomic mass is 16.5. The smallest absolute Gasteiger partial charge is 0.127 e. The molecule has 4 aliphatic carbocycles. The van der Waals surface area contributed by atoms with Crippen molar-refractivity contribution in [3.05, 3.63) is 0 Å². The molecule has 0 aromatic rings. The molecule has 5 aliphatic rings. The van der Waals surface area contributed by atoms with E-state index in [0.717, 1.165) is 63.6 Å². The van der Waals surface area contributed by atoms with Gasteiger partial charge in [-0.3, -0.25) is 0 Å². The van der Waals surface area contributed by atoms with Gasteiger partial charge in [0.1, 0.15) is 45.4 Å². The zero-order valence-electron chi connectivity index (χ0n) is 16.4. The first kappa shape index (κ1) is 19.1. The lowest BCUT2D eigenvalue weighted by Gasteiger charge is -2.57. The normalized spacial score (nSPS) is 42.9. The van der Waals surface area contributed by atoms with Crippen molar-refractivity contribution in [2.24, 2.45) is 23.2 Å². The lowest BCUT2D eigenvalue weighted by molar-refractivity contribution is -1.01. The van der Waals surface area contributed by atoms with E-state index in [1.54, 1.807) is 0 Å². The third-order valence-electron chi connectivity index (χ3n) is 7.91. The minimum absolute atomic E-state index is 0.283. The van der Waals surface area contributed by atoms with Gasteiger partial charge < -0.3 is 24.7 Å². The first-order valence-corrected chi connectivity index (χ1v) is 11.2. The van der Waals surface area contributed by atoms with Crippen LogP contribution in [0.25, 0.3) is 0 Å². The average Bonchev–Trinajstić information content (AvgIpc) is 2.60. The van der Waals surface area contributed by atoms with Crippen LogP contribution in [0.2, 0.25) is 0 Å². The molecule has 0 unspecified atom stereocenters. The van der Waals surface area contributed by atoms with E-state index < -0.39 is 0 Å². The summed E-state index contributed by atoms with van der Waals surface area (Å²) in [6.45, 7) is 7.71. The van der Waals surface area contributed by atoms with Crippen molar-refractivity contribution in [3.63, 3.8) is 0 Å². The number of rotatable bonds is 9. The van der Waals surface area contributed by atoms with E-state index in [9.17, 15) is 5.11 Å². The summed E-state index contributed by atoms with van der Waals surface area (Å²) in [6.07, 6.45) is 9.78. The highest BCUT2D eigenvalue weighted by molar-refractivity contribution is 5.01. The van der Waals surface area contributed by atoms with Gasteiger partial charge in [0, 0.05) is 6.61 Å². The molecule has 1 saturated heterocycles. The third-order valence-corrected chi connectivity index (χ3v) is 7.91. The van der Waals surface area contributed by atoms with Crippen molar-refractivity contribution >= 4 is 0 Å². The Labute approximate surface area is 158 Å². The fraction of sp³-hybridized carbons (Fsp3) is 1.00. The first-order valence-electron chi connectivity index (χ1n) is 11.2. The average molecular weight is 369 g/mol. The SMILES string of the molecule is OCC[NH+]1CC[NH+](C[C@@H](O)COCCC23CC4CC(CC(C4)C2)C3)CC1. The molecule has 1 heterocycles.